The van der Waals surface area contributed by atoms with E-state index in [0.29, 0.717) is 19.5 Å². The predicted octanol–water partition coefficient (Wildman–Crippen LogP) is 2.65. The Balaban J connectivity index is 0.00000225. The van der Waals surface area contributed by atoms with E-state index in [4.69, 9.17) is 5.73 Å². The second-order valence-electron chi connectivity index (χ2n) is 10.5. The number of likely N-dealkylation sites (tertiary alicyclic amines) is 1. The molecule has 5 fully saturated rings. The summed E-state index contributed by atoms with van der Waals surface area (Å²) in [6.07, 6.45) is 8.75. The van der Waals surface area contributed by atoms with Crippen molar-refractivity contribution in [1.82, 2.24) is 15.5 Å². The number of nitrogens with one attached hydrogen (secondary N) is 2. The highest BCUT2D eigenvalue weighted by molar-refractivity contribution is 5.85. The van der Waals surface area contributed by atoms with Gasteiger partial charge in [-0.25, -0.2) is 4.79 Å². The molecule has 6 nitrogen and oxygen atoms in total. The lowest BCUT2D eigenvalue weighted by Crippen LogP contribution is -2.61. The molecule has 4 N–H and O–H groups in total. The fourth-order valence-corrected chi connectivity index (χ4v) is 6.58. The topological polar surface area (TPSA) is 87.5 Å². The minimum absolute atomic E-state index is 0. The highest BCUT2D eigenvalue weighted by Gasteiger charge is 2.51. The summed E-state index contributed by atoms with van der Waals surface area (Å²) in [6, 6.07) is 0.0523. The van der Waals surface area contributed by atoms with Crippen molar-refractivity contribution in [3.05, 3.63) is 0 Å². The van der Waals surface area contributed by atoms with Crippen molar-refractivity contribution in [2.75, 3.05) is 19.6 Å². The molecule has 160 valence electrons. The molecule has 1 saturated heterocycles. The first kappa shape index (κ1) is 21.7. The van der Waals surface area contributed by atoms with Crippen LogP contribution in [0, 0.1) is 23.2 Å². The number of amides is 3. The summed E-state index contributed by atoms with van der Waals surface area (Å²) >= 11 is 0. The number of carbonyl (C=O) groups is 2. The molecule has 0 aromatic heterocycles. The van der Waals surface area contributed by atoms with Crippen molar-refractivity contribution in [3.8, 4) is 0 Å². The van der Waals surface area contributed by atoms with E-state index in [0.717, 1.165) is 50.0 Å². The van der Waals surface area contributed by atoms with E-state index in [1.165, 1.54) is 19.3 Å². The lowest BCUT2D eigenvalue weighted by molar-refractivity contribution is -0.134. The van der Waals surface area contributed by atoms with E-state index in [-0.39, 0.29) is 41.3 Å². The van der Waals surface area contributed by atoms with Crippen molar-refractivity contribution in [1.29, 1.82) is 0 Å². The second-order valence-corrected chi connectivity index (χ2v) is 10.5. The van der Waals surface area contributed by atoms with Gasteiger partial charge in [-0.05, 0) is 68.1 Å². The summed E-state index contributed by atoms with van der Waals surface area (Å²) in [5.74, 6) is 2.55. The Morgan fingerprint density at radius 1 is 1.07 bits per heavy atom. The first-order valence-electron chi connectivity index (χ1n) is 10.8. The molecule has 5 aliphatic rings. The number of hydrogen-bond donors (Lipinski definition) is 3. The molecule has 4 bridgehead atoms. The van der Waals surface area contributed by atoms with Crippen molar-refractivity contribution in [2.45, 2.75) is 76.8 Å². The summed E-state index contributed by atoms with van der Waals surface area (Å²) in [5, 5.41) is 6.24. The van der Waals surface area contributed by atoms with Crippen LogP contribution in [0.15, 0.2) is 0 Å². The first-order valence-corrected chi connectivity index (χ1v) is 10.8. The van der Waals surface area contributed by atoms with Gasteiger partial charge in [-0.1, -0.05) is 13.8 Å². The summed E-state index contributed by atoms with van der Waals surface area (Å²) in [5.41, 5.74) is 6.13. The zero-order valence-corrected chi connectivity index (χ0v) is 18.2. The van der Waals surface area contributed by atoms with Crippen LogP contribution in [0.25, 0.3) is 0 Å². The Bertz CT molecular complexity index is 574. The Morgan fingerprint density at radius 2 is 1.64 bits per heavy atom. The van der Waals surface area contributed by atoms with E-state index >= 15 is 0 Å². The summed E-state index contributed by atoms with van der Waals surface area (Å²) < 4.78 is 0. The van der Waals surface area contributed by atoms with Gasteiger partial charge in [0.15, 0.2) is 0 Å². The number of urea groups is 1. The van der Waals surface area contributed by atoms with Gasteiger partial charge in [0.1, 0.15) is 0 Å². The standard InChI is InChI=1S/C21H36N4O2.ClH/c1-20(2)13-25(6-4-17(20)22)18(26)3-5-23-19(27)24-21-10-14-7-15(11-21)9-16(8-14)12-21;/h14-17H,3-13,22H2,1-2H3,(H2,23,24,27);1H. The van der Waals surface area contributed by atoms with Crippen LogP contribution in [0.2, 0.25) is 0 Å². The van der Waals surface area contributed by atoms with Gasteiger partial charge < -0.3 is 21.3 Å². The number of hydrogen-bond acceptors (Lipinski definition) is 3. The molecule has 0 radical (unpaired) electrons. The lowest BCUT2D eigenvalue weighted by atomic mass is 9.53. The number of carbonyl (C=O) groups excluding carboxylic acids is 2. The Kier molecular flexibility index (Phi) is 6.21. The van der Waals surface area contributed by atoms with E-state index < -0.39 is 0 Å². The molecule has 5 rings (SSSR count). The van der Waals surface area contributed by atoms with Gasteiger partial charge in [0.05, 0.1) is 0 Å². The zero-order chi connectivity index (χ0) is 19.2. The van der Waals surface area contributed by atoms with Crippen LogP contribution in [0.1, 0.15) is 65.2 Å². The molecule has 1 unspecified atom stereocenters. The van der Waals surface area contributed by atoms with Gasteiger partial charge >= 0.3 is 6.03 Å². The minimum Gasteiger partial charge on any atom is -0.342 e. The normalized spacial score (nSPS) is 37.9. The van der Waals surface area contributed by atoms with Gasteiger partial charge in [-0.15, -0.1) is 12.4 Å². The summed E-state index contributed by atoms with van der Waals surface area (Å²) in [4.78, 5) is 26.9. The van der Waals surface area contributed by atoms with Crippen molar-refractivity contribution in [3.63, 3.8) is 0 Å². The number of nitrogens with two attached hydrogens (primary N) is 1. The number of halogens is 1. The number of nitrogens with zero attached hydrogens (tertiary/aromatic N) is 1. The van der Waals surface area contributed by atoms with Gasteiger partial charge in [-0.2, -0.15) is 0 Å². The third kappa shape index (κ3) is 4.43. The Morgan fingerprint density at radius 3 is 2.18 bits per heavy atom. The lowest BCUT2D eigenvalue weighted by Gasteiger charge is -2.56. The highest BCUT2D eigenvalue weighted by Crippen LogP contribution is 2.55. The van der Waals surface area contributed by atoms with Gasteiger partial charge in [0.2, 0.25) is 5.91 Å². The molecule has 7 heteroatoms. The summed E-state index contributed by atoms with van der Waals surface area (Å²) in [6.45, 7) is 6.07. The van der Waals surface area contributed by atoms with E-state index in [1.54, 1.807) is 0 Å². The summed E-state index contributed by atoms with van der Waals surface area (Å²) in [7, 11) is 0. The van der Waals surface area contributed by atoms with Gasteiger partial charge in [-0.3, -0.25) is 4.79 Å². The molecule has 1 heterocycles. The van der Waals surface area contributed by atoms with Crippen molar-refractivity contribution >= 4 is 24.3 Å². The maximum absolute atomic E-state index is 12.5. The van der Waals surface area contributed by atoms with Crippen LogP contribution in [-0.2, 0) is 4.79 Å². The predicted molar refractivity (Wildman–Crippen MR) is 112 cm³/mol. The Labute approximate surface area is 175 Å². The molecule has 28 heavy (non-hydrogen) atoms. The SMILES string of the molecule is CC1(C)CN(C(=O)CCNC(=O)NC23CC4CC(CC(C4)C2)C3)CCC1N.Cl. The van der Waals surface area contributed by atoms with Crippen LogP contribution < -0.4 is 16.4 Å². The van der Waals surface area contributed by atoms with Crippen molar-refractivity contribution in [2.24, 2.45) is 28.9 Å². The monoisotopic (exact) mass is 412 g/mol. The fraction of sp³-hybridized carbons (Fsp3) is 0.905. The number of piperidine rings is 1. The molecule has 1 atom stereocenters. The smallest absolute Gasteiger partial charge is 0.315 e. The average Bonchev–Trinajstić information content (AvgIpc) is 2.55. The fourth-order valence-electron chi connectivity index (χ4n) is 6.58. The van der Waals surface area contributed by atoms with Gasteiger partial charge in [0, 0.05) is 37.6 Å². The molecule has 0 aromatic carbocycles. The van der Waals surface area contributed by atoms with Crippen molar-refractivity contribution < 1.29 is 9.59 Å². The molecular weight excluding hydrogens is 376 g/mol. The average molecular weight is 413 g/mol. The van der Waals surface area contributed by atoms with Crippen LogP contribution in [-0.4, -0.2) is 48.1 Å². The van der Waals surface area contributed by atoms with E-state index in [2.05, 4.69) is 24.5 Å². The molecule has 1 aliphatic heterocycles. The minimum atomic E-state index is -0.0919. The van der Waals surface area contributed by atoms with E-state index in [1.807, 2.05) is 4.90 Å². The van der Waals surface area contributed by atoms with Crippen LogP contribution in [0.5, 0.6) is 0 Å². The number of rotatable bonds is 4. The molecule has 4 aliphatic carbocycles. The maximum Gasteiger partial charge on any atom is 0.315 e. The molecule has 3 amide bonds. The highest BCUT2D eigenvalue weighted by atomic mass is 35.5. The third-order valence-corrected chi connectivity index (χ3v) is 7.71. The van der Waals surface area contributed by atoms with E-state index in [9.17, 15) is 9.59 Å². The zero-order valence-electron chi connectivity index (χ0n) is 17.3. The molecule has 4 saturated carbocycles. The van der Waals surface area contributed by atoms with Crippen LogP contribution >= 0.6 is 12.4 Å². The first-order chi connectivity index (χ1) is 12.7. The van der Waals surface area contributed by atoms with Gasteiger partial charge in [0.25, 0.3) is 0 Å². The van der Waals surface area contributed by atoms with Crippen LogP contribution in [0.3, 0.4) is 0 Å². The molecule has 0 spiro atoms. The molecule has 0 aromatic rings. The van der Waals surface area contributed by atoms with Crippen LogP contribution in [0.4, 0.5) is 4.79 Å². The largest absolute Gasteiger partial charge is 0.342 e. The third-order valence-electron chi connectivity index (χ3n) is 7.71. The Hall–Kier alpha value is -1.01. The quantitative estimate of drug-likeness (QED) is 0.663. The molecular formula is C21H37ClN4O2. The second kappa shape index (κ2) is 8.02. The maximum atomic E-state index is 12.5.